The van der Waals surface area contributed by atoms with E-state index in [2.05, 4.69) is 19.1 Å². The zero-order chi connectivity index (χ0) is 14.4. The molecule has 3 heteroatoms. The Morgan fingerprint density at radius 2 is 1.65 bits per heavy atom. The van der Waals surface area contributed by atoms with Crippen molar-refractivity contribution in [1.29, 1.82) is 0 Å². The van der Waals surface area contributed by atoms with Crippen molar-refractivity contribution in [2.45, 2.75) is 25.1 Å². The summed E-state index contributed by atoms with van der Waals surface area (Å²) in [7, 11) is -0.934. The van der Waals surface area contributed by atoms with Gasteiger partial charge in [0.2, 0.25) is 0 Å². The highest BCUT2D eigenvalue weighted by Crippen LogP contribution is 2.14. The molecule has 0 bridgehead atoms. The number of benzene rings is 2. The lowest BCUT2D eigenvalue weighted by Gasteiger charge is -2.12. The highest BCUT2D eigenvalue weighted by Gasteiger charge is 2.11. The molecule has 0 aliphatic rings. The van der Waals surface area contributed by atoms with E-state index in [1.165, 1.54) is 5.56 Å². The lowest BCUT2D eigenvalue weighted by molar-refractivity contribution is 0.674. The molecule has 0 fully saturated rings. The summed E-state index contributed by atoms with van der Waals surface area (Å²) in [5.74, 6) is 1.07. The summed E-state index contributed by atoms with van der Waals surface area (Å²) >= 11 is 0. The molecule has 0 amide bonds. The molecular weight excluding hydrogens is 266 g/mol. The maximum atomic E-state index is 12.2. The van der Waals surface area contributed by atoms with Gasteiger partial charge < -0.3 is 5.73 Å². The molecule has 0 aliphatic heterocycles. The van der Waals surface area contributed by atoms with Crippen LogP contribution in [-0.2, 0) is 23.0 Å². The van der Waals surface area contributed by atoms with E-state index in [4.69, 9.17) is 5.73 Å². The Kier molecular flexibility index (Phi) is 5.50. The first kappa shape index (κ1) is 14.9. The van der Waals surface area contributed by atoms with Crippen LogP contribution >= 0.6 is 0 Å². The molecule has 2 rings (SSSR count). The van der Waals surface area contributed by atoms with Gasteiger partial charge >= 0.3 is 0 Å². The predicted molar refractivity (Wildman–Crippen MR) is 85.9 cm³/mol. The first-order valence-corrected chi connectivity index (χ1v) is 8.41. The van der Waals surface area contributed by atoms with Gasteiger partial charge in [-0.1, -0.05) is 61.5 Å². The third-order valence-corrected chi connectivity index (χ3v) is 4.74. The minimum absolute atomic E-state index is 0.162. The molecular formula is C17H21NOS. The van der Waals surface area contributed by atoms with Crippen LogP contribution in [0, 0.1) is 0 Å². The van der Waals surface area contributed by atoms with Crippen LogP contribution in [0.2, 0.25) is 0 Å². The van der Waals surface area contributed by atoms with Crippen LogP contribution in [0.5, 0.6) is 0 Å². The smallest absolute Gasteiger partial charge is 0.0486 e. The molecule has 0 spiro atoms. The van der Waals surface area contributed by atoms with Crippen LogP contribution in [0.4, 0.5) is 0 Å². The van der Waals surface area contributed by atoms with Crippen molar-refractivity contribution < 1.29 is 4.21 Å². The van der Waals surface area contributed by atoms with Crippen molar-refractivity contribution in [3.8, 4) is 0 Å². The van der Waals surface area contributed by atoms with Crippen LogP contribution in [0.25, 0.3) is 0 Å². The van der Waals surface area contributed by atoms with E-state index in [1.807, 2.05) is 42.5 Å². The van der Waals surface area contributed by atoms with E-state index in [-0.39, 0.29) is 6.04 Å². The summed E-state index contributed by atoms with van der Waals surface area (Å²) in [4.78, 5) is 0. The molecule has 0 saturated heterocycles. The molecule has 2 unspecified atom stereocenters. The van der Waals surface area contributed by atoms with Gasteiger partial charge in [-0.05, 0) is 23.1 Å². The molecule has 0 heterocycles. The van der Waals surface area contributed by atoms with Crippen LogP contribution in [0.3, 0.4) is 0 Å². The Labute approximate surface area is 123 Å². The van der Waals surface area contributed by atoms with Gasteiger partial charge in [-0.3, -0.25) is 4.21 Å². The molecule has 0 aliphatic carbocycles. The minimum Gasteiger partial charge on any atom is -0.323 e. The Bertz CT molecular complexity index is 551. The average Bonchev–Trinajstić information content (AvgIpc) is 2.48. The van der Waals surface area contributed by atoms with Gasteiger partial charge in [-0.2, -0.15) is 0 Å². The van der Waals surface area contributed by atoms with Gasteiger partial charge in [0.15, 0.2) is 0 Å². The monoisotopic (exact) mass is 287 g/mol. The van der Waals surface area contributed by atoms with E-state index < -0.39 is 10.8 Å². The maximum Gasteiger partial charge on any atom is 0.0486 e. The van der Waals surface area contributed by atoms with Crippen LogP contribution in [0.15, 0.2) is 54.6 Å². The molecule has 2 nitrogen and oxygen atoms in total. The quantitative estimate of drug-likeness (QED) is 0.886. The first-order chi connectivity index (χ1) is 9.69. The second kappa shape index (κ2) is 7.36. The Balaban J connectivity index is 1.93. The Hall–Kier alpha value is -1.45. The van der Waals surface area contributed by atoms with Gasteiger partial charge in [-0.25, -0.2) is 0 Å². The van der Waals surface area contributed by atoms with Gasteiger partial charge in [-0.15, -0.1) is 0 Å². The van der Waals surface area contributed by atoms with Crippen LogP contribution in [0.1, 0.15) is 29.7 Å². The summed E-state index contributed by atoms with van der Waals surface area (Å²) in [6.07, 6.45) is 1.02. The number of hydrogen-bond donors (Lipinski definition) is 1. The fourth-order valence-electron chi connectivity index (χ4n) is 2.12. The second-order valence-electron chi connectivity index (χ2n) is 4.94. The fourth-order valence-corrected chi connectivity index (χ4v) is 3.39. The summed E-state index contributed by atoms with van der Waals surface area (Å²) in [5, 5.41) is 0. The van der Waals surface area contributed by atoms with Crippen molar-refractivity contribution >= 4 is 10.8 Å². The predicted octanol–water partition coefficient (Wildman–Crippen LogP) is 3.20. The van der Waals surface area contributed by atoms with Gasteiger partial charge in [0.1, 0.15) is 0 Å². The van der Waals surface area contributed by atoms with E-state index >= 15 is 0 Å². The summed E-state index contributed by atoms with van der Waals surface area (Å²) in [6, 6.07) is 18.0. The molecule has 106 valence electrons. The average molecular weight is 287 g/mol. The van der Waals surface area contributed by atoms with E-state index in [1.54, 1.807) is 0 Å². The van der Waals surface area contributed by atoms with E-state index in [0.29, 0.717) is 11.5 Å². The van der Waals surface area contributed by atoms with Crippen molar-refractivity contribution in [2.75, 3.05) is 5.75 Å². The zero-order valence-electron chi connectivity index (χ0n) is 11.8. The summed E-state index contributed by atoms with van der Waals surface area (Å²) in [6.45, 7) is 2.13. The molecule has 0 saturated carbocycles. The largest absolute Gasteiger partial charge is 0.323 e. The van der Waals surface area contributed by atoms with Crippen LogP contribution in [-0.4, -0.2) is 9.96 Å². The zero-order valence-corrected chi connectivity index (χ0v) is 12.6. The SMILES string of the molecule is CCc1ccc(C(N)CS(=O)Cc2ccccc2)cc1. The highest BCUT2D eigenvalue weighted by molar-refractivity contribution is 7.84. The fraction of sp³-hybridized carbons (Fsp3) is 0.294. The molecule has 2 N–H and O–H groups in total. The van der Waals surface area contributed by atoms with Crippen LogP contribution < -0.4 is 5.73 Å². The van der Waals surface area contributed by atoms with E-state index in [0.717, 1.165) is 17.5 Å². The summed E-state index contributed by atoms with van der Waals surface area (Å²) in [5.41, 5.74) is 9.60. The lowest BCUT2D eigenvalue weighted by Crippen LogP contribution is -2.19. The summed E-state index contributed by atoms with van der Waals surface area (Å²) < 4.78 is 12.2. The number of aryl methyl sites for hydroxylation is 1. The molecule has 2 aromatic carbocycles. The molecule has 2 atom stereocenters. The number of rotatable bonds is 6. The lowest BCUT2D eigenvalue weighted by atomic mass is 10.1. The maximum absolute atomic E-state index is 12.2. The first-order valence-electron chi connectivity index (χ1n) is 6.92. The van der Waals surface area contributed by atoms with Crippen molar-refractivity contribution in [2.24, 2.45) is 5.73 Å². The standard InChI is InChI=1S/C17H21NOS/c1-2-14-8-10-16(11-9-14)17(18)13-20(19)12-15-6-4-3-5-7-15/h3-11,17H,2,12-13,18H2,1H3. The van der Waals surface area contributed by atoms with Crippen molar-refractivity contribution in [3.05, 3.63) is 71.3 Å². The third-order valence-electron chi connectivity index (χ3n) is 3.35. The highest BCUT2D eigenvalue weighted by atomic mass is 32.2. The van der Waals surface area contributed by atoms with Gasteiger partial charge in [0.05, 0.1) is 0 Å². The van der Waals surface area contributed by atoms with Gasteiger partial charge in [0, 0.05) is 28.3 Å². The molecule has 2 aromatic rings. The number of nitrogens with two attached hydrogens (primary N) is 1. The third kappa shape index (κ3) is 4.29. The topological polar surface area (TPSA) is 43.1 Å². The minimum atomic E-state index is -0.934. The van der Waals surface area contributed by atoms with Crippen molar-refractivity contribution in [3.63, 3.8) is 0 Å². The van der Waals surface area contributed by atoms with E-state index in [9.17, 15) is 4.21 Å². The molecule has 20 heavy (non-hydrogen) atoms. The Morgan fingerprint density at radius 3 is 2.25 bits per heavy atom. The van der Waals surface area contributed by atoms with Gasteiger partial charge in [0.25, 0.3) is 0 Å². The molecule has 0 radical (unpaired) electrons. The second-order valence-corrected chi connectivity index (χ2v) is 6.44. The normalized spacial score (nSPS) is 13.9. The molecule has 0 aromatic heterocycles. The van der Waals surface area contributed by atoms with Crippen molar-refractivity contribution in [1.82, 2.24) is 0 Å². The Morgan fingerprint density at radius 1 is 1.00 bits per heavy atom. The number of hydrogen-bond acceptors (Lipinski definition) is 2.